The minimum atomic E-state index is 0.000552. The lowest BCUT2D eigenvalue weighted by molar-refractivity contribution is -0.115. The van der Waals surface area contributed by atoms with Gasteiger partial charge in [0.1, 0.15) is 5.56 Å². The summed E-state index contributed by atoms with van der Waals surface area (Å²) >= 11 is 0. The Balaban J connectivity index is 1.29. The molecule has 1 amide bonds. The quantitative estimate of drug-likeness (QED) is 0.780. The van der Waals surface area contributed by atoms with Gasteiger partial charge in [-0.05, 0) is 73.5 Å². The van der Waals surface area contributed by atoms with Crippen LogP contribution in [0, 0.1) is 28.6 Å². The van der Waals surface area contributed by atoms with Gasteiger partial charge in [-0.25, -0.2) is 4.68 Å². The van der Waals surface area contributed by atoms with Crippen LogP contribution in [0.5, 0.6) is 5.88 Å². The van der Waals surface area contributed by atoms with Crippen LogP contribution in [-0.4, -0.2) is 28.3 Å². The molecule has 5 aliphatic carbocycles. The fourth-order valence-corrected chi connectivity index (χ4v) is 7.89. The van der Waals surface area contributed by atoms with E-state index in [1.807, 2.05) is 7.05 Å². The molecule has 0 saturated heterocycles. The van der Waals surface area contributed by atoms with Crippen LogP contribution >= 0.6 is 0 Å². The van der Waals surface area contributed by atoms with Crippen LogP contribution in [0.4, 0.5) is 0 Å². The second-order valence-electron chi connectivity index (χ2n) is 11.4. The van der Waals surface area contributed by atoms with Gasteiger partial charge in [-0.1, -0.05) is 33.1 Å². The molecule has 0 spiro atoms. The van der Waals surface area contributed by atoms with Gasteiger partial charge >= 0.3 is 0 Å². The van der Waals surface area contributed by atoms with E-state index in [1.165, 1.54) is 64.2 Å². The monoisotopic (exact) mass is 399 g/mol. The standard InChI is InChI=1S/C24H37N3O2/c1-23-10-17-9-18(12-23)20(24(2,11-17)15-23)26-21(28)19-13-25-27(3)22(19)29-14-16-7-5-4-6-8-16/h13,16-18,20H,4-12,14-15H2,1-3H3,(H,26,28). The molecule has 5 aliphatic rings. The summed E-state index contributed by atoms with van der Waals surface area (Å²) in [6.45, 7) is 5.58. The summed E-state index contributed by atoms with van der Waals surface area (Å²) in [5.74, 6) is 2.73. The molecule has 0 aromatic carbocycles. The third kappa shape index (κ3) is 3.48. The topological polar surface area (TPSA) is 56.2 Å². The molecule has 5 nitrogen and oxygen atoms in total. The lowest BCUT2D eigenvalue weighted by atomic mass is 9.43. The highest BCUT2D eigenvalue weighted by molar-refractivity contribution is 5.96. The lowest BCUT2D eigenvalue weighted by Crippen LogP contribution is -2.63. The third-order valence-electron chi connectivity index (χ3n) is 8.58. The van der Waals surface area contributed by atoms with Crippen molar-refractivity contribution in [1.82, 2.24) is 15.1 Å². The number of aromatic nitrogens is 2. The number of nitrogens with zero attached hydrogens (tertiary/aromatic N) is 2. The number of carbonyl (C=O) groups excluding carboxylic acids is 1. The first kappa shape index (κ1) is 19.4. The van der Waals surface area contributed by atoms with Gasteiger partial charge in [-0.15, -0.1) is 0 Å². The van der Waals surface area contributed by atoms with E-state index < -0.39 is 0 Å². The van der Waals surface area contributed by atoms with Crippen molar-refractivity contribution >= 4 is 5.91 Å². The van der Waals surface area contributed by atoms with Gasteiger partial charge in [-0.3, -0.25) is 4.79 Å². The van der Waals surface area contributed by atoms with Crippen LogP contribution in [0.15, 0.2) is 6.20 Å². The molecule has 5 heteroatoms. The van der Waals surface area contributed by atoms with Crippen molar-refractivity contribution in [3.63, 3.8) is 0 Å². The Morgan fingerprint density at radius 1 is 1.24 bits per heavy atom. The lowest BCUT2D eigenvalue weighted by Gasteiger charge is -2.64. The number of carbonyl (C=O) groups is 1. The highest BCUT2D eigenvalue weighted by atomic mass is 16.5. The maximum absolute atomic E-state index is 13.3. The third-order valence-corrected chi connectivity index (χ3v) is 8.58. The average Bonchev–Trinajstić information content (AvgIpc) is 3.03. The molecule has 160 valence electrons. The molecule has 1 aromatic rings. The summed E-state index contributed by atoms with van der Waals surface area (Å²) < 4.78 is 7.88. The number of hydrogen-bond donors (Lipinski definition) is 1. The van der Waals surface area contributed by atoms with Crippen molar-refractivity contribution in [3.05, 3.63) is 11.8 Å². The zero-order chi connectivity index (χ0) is 20.2. The highest BCUT2D eigenvalue weighted by Crippen LogP contribution is 2.64. The first-order valence-corrected chi connectivity index (χ1v) is 11.8. The van der Waals surface area contributed by atoms with Gasteiger partial charge < -0.3 is 10.1 Å². The van der Waals surface area contributed by atoms with E-state index >= 15 is 0 Å². The zero-order valence-electron chi connectivity index (χ0n) is 18.4. The Bertz CT molecular complexity index is 783. The molecule has 5 atom stereocenters. The Morgan fingerprint density at radius 3 is 2.76 bits per heavy atom. The summed E-state index contributed by atoms with van der Waals surface area (Å²) in [5, 5.41) is 7.80. The van der Waals surface area contributed by atoms with E-state index in [2.05, 4.69) is 24.3 Å². The van der Waals surface area contributed by atoms with Crippen molar-refractivity contribution in [3.8, 4) is 5.88 Å². The Hall–Kier alpha value is -1.52. The van der Waals surface area contributed by atoms with Gasteiger partial charge in [0.2, 0.25) is 5.88 Å². The van der Waals surface area contributed by atoms with E-state index in [0.29, 0.717) is 35.3 Å². The minimum absolute atomic E-state index is 0.000552. The van der Waals surface area contributed by atoms with Gasteiger partial charge in [-0.2, -0.15) is 5.10 Å². The molecule has 5 saturated carbocycles. The first-order chi connectivity index (χ1) is 13.9. The van der Waals surface area contributed by atoms with E-state index in [0.717, 1.165) is 5.92 Å². The maximum atomic E-state index is 13.3. The Morgan fingerprint density at radius 2 is 2.03 bits per heavy atom. The number of hydrogen-bond acceptors (Lipinski definition) is 3. The van der Waals surface area contributed by atoms with Crippen molar-refractivity contribution in [2.45, 2.75) is 84.1 Å². The van der Waals surface area contributed by atoms with E-state index in [4.69, 9.17) is 4.74 Å². The number of amides is 1. The van der Waals surface area contributed by atoms with Gasteiger partial charge in [0.25, 0.3) is 5.91 Å². The smallest absolute Gasteiger partial charge is 0.258 e. The molecule has 1 aromatic heterocycles. The highest BCUT2D eigenvalue weighted by Gasteiger charge is 2.59. The van der Waals surface area contributed by atoms with Crippen LogP contribution in [0.25, 0.3) is 0 Å². The summed E-state index contributed by atoms with van der Waals surface area (Å²) in [7, 11) is 1.87. The van der Waals surface area contributed by atoms with Gasteiger partial charge in [0, 0.05) is 13.1 Å². The Labute approximate surface area is 175 Å². The fraction of sp³-hybridized carbons (Fsp3) is 0.833. The number of nitrogens with one attached hydrogen (secondary N) is 1. The molecule has 0 aliphatic heterocycles. The zero-order valence-corrected chi connectivity index (χ0v) is 18.4. The second-order valence-corrected chi connectivity index (χ2v) is 11.4. The molecule has 5 fully saturated rings. The largest absolute Gasteiger partial charge is 0.477 e. The van der Waals surface area contributed by atoms with Crippen molar-refractivity contribution in [1.29, 1.82) is 0 Å². The van der Waals surface area contributed by atoms with Crippen LogP contribution in [0.2, 0.25) is 0 Å². The number of ether oxygens (including phenoxy) is 1. The fourth-order valence-electron chi connectivity index (χ4n) is 7.89. The normalized spacial score (nSPS) is 38.9. The van der Waals surface area contributed by atoms with Crippen LogP contribution in [0.1, 0.15) is 88.4 Å². The molecule has 5 unspecified atom stereocenters. The van der Waals surface area contributed by atoms with Gasteiger partial charge in [0.05, 0.1) is 12.8 Å². The molecule has 1 heterocycles. The van der Waals surface area contributed by atoms with E-state index in [-0.39, 0.29) is 17.4 Å². The molecular weight excluding hydrogens is 362 g/mol. The first-order valence-electron chi connectivity index (χ1n) is 11.8. The molecule has 29 heavy (non-hydrogen) atoms. The Kier molecular flexibility index (Phi) is 4.71. The van der Waals surface area contributed by atoms with Crippen molar-refractivity contribution in [2.24, 2.45) is 35.6 Å². The van der Waals surface area contributed by atoms with Crippen molar-refractivity contribution in [2.75, 3.05) is 6.61 Å². The number of rotatable bonds is 5. The minimum Gasteiger partial charge on any atom is -0.477 e. The summed E-state index contributed by atoms with van der Waals surface area (Å²) in [6, 6.07) is 0.283. The molecule has 4 bridgehead atoms. The molecule has 1 N–H and O–H groups in total. The maximum Gasteiger partial charge on any atom is 0.258 e. The molecule has 0 radical (unpaired) electrons. The van der Waals surface area contributed by atoms with Crippen molar-refractivity contribution < 1.29 is 9.53 Å². The van der Waals surface area contributed by atoms with Crippen LogP contribution in [-0.2, 0) is 7.05 Å². The summed E-state index contributed by atoms with van der Waals surface area (Å²) in [5.41, 5.74) is 1.33. The average molecular weight is 400 g/mol. The summed E-state index contributed by atoms with van der Waals surface area (Å²) in [6.07, 6.45) is 14.6. The summed E-state index contributed by atoms with van der Waals surface area (Å²) in [4.78, 5) is 13.3. The SMILES string of the molecule is Cn1ncc(C(=O)NC2C3CC4CC(C)(C3)CC2(C)C4)c1OCC1CCCCC1. The predicted octanol–water partition coefficient (Wildman–Crippen LogP) is 4.71. The molecule has 6 rings (SSSR count). The second kappa shape index (κ2) is 7.02. The van der Waals surface area contributed by atoms with Crippen LogP contribution < -0.4 is 10.1 Å². The van der Waals surface area contributed by atoms with Gasteiger partial charge in [0.15, 0.2) is 0 Å². The predicted molar refractivity (Wildman–Crippen MR) is 113 cm³/mol. The molecular formula is C24H37N3O2. The van der Waals surface area contributed by atoms with E-state index in [9.17, 15) is 4.79 Å². The van der Waals surface area contributed by atoms with Crippen LogP contribution in [0.3, 0.4) is 0 Å². The number of aryl methyl sites for hydroxylation is 1. The van der Waals surface area contributed by atoms with E-state index in [1.54, 1.807) is 10.9 Å².